The number of hydrogen-bond acceptors (Lipinski definition) is 6. The molecular weight excluding hydrogens is 418 g/mol. The normalized spacial score (nSPS) is 12.9. The summed E-state index contributed by atoms with van der Waals surface area (Å²) in [6.07, 6.45) is 5.44. The molecule has 8 nitrogen and oxygen atoms in total. The molecule has 33 heavy (non-hydrogen) atoms. The van der Waals surface area contributed by atoms with Gasteiger partial charge in [-0.1, -0.05) is 33.6 Å². The van der Waals surface area contributed by atoms with Crippen LogP contribution in [-0.4, -0.2) is 60.9 Å². The van der Waals surface area contributed by atoms with Crippen LogP contribution in [0.5, 0.6) is 5.75 Å². The largest absolute Gasteiger partial charge is 0.494 e. The van der Waals surface area contributed by atoms with Crippen LogP contribution in [0.4, 0.5) is 5.69 Å². The molecule has 1 aliphatic heterocycles. The number of fused-ring (bicyclic) bond motifs is 1. The molecule has 0 spiro atoms. The van der Waals surface area contributed by atoms with Crippen LogP contribution in [0, 0.1) is 5.92 Å². The molecule has 2 rings (SSSR count). The molecule has 184 valence electrons. The SMILES string of the molecule is CCCCCN(C)C(=O)CCCOc1ccc2c(c1)CN(CC(=O)NCCC(C)C)C(N)=N2. The smallest absolute Gasteiger partial charge is 0.239 e. The maximum absolute atomic E-state index is 12.2. The van der Waals surface area contributed by atoms with Crippen LogP contribution in [0.15, 0.2) is 23.2 Å². The first-order valence-corrected chi connectivity index (χ1v) is 12.2. The molecule has 1 aromatic carbocycles. The molecule has 3 N–H and O–H groups in total. The zero-order valence-corrected chi connectivity index (χ0v) is 20.7. The monoisotopic (exact) mass is 459 g/mol. The summed E-state index contributed by atoms with van der Waals surface area (Å²) in [6, 6.07) is 5.68. The Morgan fingerprint density at radius 2 is 2.06 bits per heavy atom. The van der Waals surface area contributed by atoms with Gasteiger partial charge in [0.05, 0.1) is 18.8 Å². The van der Waals surface area contributed by atoms with Crippen LogP contribution < -0.4 is 15.8 Å². The second-order valence-corrected chi connectivity index (χ2v) is 9.12. The van der Waals surface area contributed by atoms with Crippen molar-refractivity contribution in [1.29, 1.82) is 0 Å². The number of benzene rings is 1. The summed E-state index contributed by atoms with van der Waals surface area (Å²) in [7, 11) is 1.87. The zero-order valence-electron chi connectivity index (χ0n) is 20.7. The van der Waals surface area contributed by atoms with Crippen molar-refractivity contribution in [2.75, 3.05) is 33.3 Å². The van der Waals surface area contributed by atoms with Crippen LogP contribution in [0.1, 0.15) is 64.9 Å². The minimum absolute atomic E-state index is 0.0611. The van der Waals surface area contributed by atoms with Gasteiger partial charge in [0, 0.05) is 38.7 Å². The number of nitrogens with two attached hydrogens (primary N) is 1. The molecule has 0 saturated carbocycles. The van der Waals surface area contributed by atoms with Gasteiger partial charge in [0.2, 0.25) is 11.8 Å². The average molecular weight is 460 g/mol. The van der Waals surface area contributed by atoms with Crippen LogP contribution in [0.2, 0.25) is 0 Å². The highest BCUT2D eigenvalue weighted by molar-refractivity contribution is 5.88. The first-order valence-electron chi connectivity index (χ1n) is 12.2. The maximum atomic E-state index is 12.2. The molecule has 0 aliphatic carbocycles. The van der Waals surface area contributed by atoms with E-state index in [1.54, 1.807) is 4.90 Å². The van der Waals surface area contributed by atoms with E-state index < -0.39 is 0 Å². The van der Waals surface area contributed by atoms with Crippen LogP contribution in [0.3, 0.4) is 0 Å². The second-order valence-electron chi connectivity index (χ2n) is 9.12. The van der Waals surface area contributed by atoms with Gasteiger partial charge >= 0.3 is 0 Å². The molecule has 2 amide bonds. The lowest BCUT2D eigenvalue weighted by Crippen LogP contribution is -2.45. The quantitative estimate of drug-likeness (QED) is 0.415. The Morgan fingerprint density at radius 3 is 2.79 bits per heavy atom. The predicted molar refractivity (Wildman–Crippen MR) is 132 cm³/mol. The van der Waals surface area contributed by atoms with Gasteiger partial charge in [0.1, 0.15) is 5.75 Å². The van der Waals surface area contributed by atoms with E-state index in [4.69, 9.17) is 10.5 Å². The Balaban J connectivity index is 1.80. The van der Waals surface area contributed by atoms with Gasteiger partial charge in [-0.15, -0.1) is 0 Å². The Hall–Kier alpha value is -2.77. The molecular formula is C25H41N5O3. The molecule has 0 aromatic heterocycles. The van der Waals surface area contributed by atoms with Gasteiger partial charge in [-0.05, 0) is 43.4 Å². The van der Waals surface area contributed by atoms with Gasteiger partial charge in [-0.3, -0.25) is 9.59 Å². The van der Waals surface area contributed by atoms with Gasteiger partial charge in [0.25, 0.3) is 0 Å². The zero-order chi connectivity index (χ0) is 24.2. The number of ether oxygens (including phenoxy) is 1. The fourth-order valence-corrected chi connectivity index (χ4v) is 3.56. The van der Waals surface area contributed by atoms with E-state index in [1.807, 2.05) is 30.1 Å². The third-order valence-electron chi connectivity index (χ3n) is 5.68. The molecule has 0 radical (unpaired) electrons. The van der Waals surface area contributed by atoms with Crippen molar-refractivity contribution in [2.45, 2.75) is 65.8 Å². The van der Waals surface area contributed by atoms with Crippen LogP contribution in [-0.2, 0) is 16.1 Å². The highest BCUT2D eigenvalue weighted by Crippen LogP contribution is 2.29. The number of hydrogen-bond donors (Lipinski definition) is 2. The minimum Gasteiger partial charge on any atom is -0.494 e. The van der Waals surface area contributed by atoms with Crippen molar-refractivity contribution >= 4 is 23.5 Å². The van der Waals surface area contributed by atoms with Crippen molar-refractivity contribution in [1.82, 2.24) is 15.1 Å². The van der Waals surface area contributed by atoms with Gasteiger partial charge in [-0.2, -0.15) is 0 Å². The summed E-state index contributed by atoms with van der Waals surface area (Å²) in [5.41, 5.74) is 7.83. The Bertz CT molecular complexity index is 809. The van der Waals surface area contributed by atoms with Crippen molar-refractivity contribution in [3.8, 4) is 5.75 Å². The third-order valence-corrected chi connectivity index (χ3v) is 5.68. The Morgan fingerprint density at radius 1 is 1.27 bits per heavy atom. The second kappa shape index (κ2) is 13.7. The van der Waals surface area contributed by atoms with E-state index in [2.05, 4.69) is 31.1 Å². The molecule has 0 saturated heterocycles. The minimum atomic E-state index is -0.0611. The highest BCUT2D eigenvalue weighted by atomic mass is 16.5. The lowest BCUT2D eigenvalue weighted by Gasteiger charge is -2.28. The van der Waals surface area contributed by atoms with E-state index in [-0.39, 0.29) is 18.4 Å². The van der Waals surface area contributed by atoms with E-state index >= 15 is 0 Å². The molecule has 1 aromatic rings. The van der Waals surface area contributed by atoms with Gasteiger partial charge < -0.3 is 25.6 Å². The van der Waals surface area contributed by atoms with Crippen molar-refractivity contribution in [3.05, 3.63) is 23.8 Å². The predicted octanol–water partition coefficient (Wildman–Crippen LogP) is 3.42. The summed E-state index contributed by atoms with van der Waals surface area (Å²) in [6.45, 7) is 9.03. The summed E-state index contributed by atoms with van der Waals surface area (Å²) in [4.78, 5) is 32.5. The first-order chi connectivity index (χ1) is 15.8. The molecule has 0 unspecified atom stereocenters. The standard InChI is InChI=1S/C25H41N5O3/c1-5-6-7-14-29(4)24(32)9-8-15-33-21-10-11-22-20(16-21)17-30(25(26)28-22)18-23(31)27-13-12-19(2)3/h10-11,16,19H,5-9,12-15,17-18H2,1-4H3,(H2,26,28)(H,27,31). The summed E-state index contributed by atoms with van der Waals surface area (Å²) in [5, 5.41) is 2.94. The van der Waals surface area contributed by atoms with Crippen LogP contribution >= 0.6 is 0 Å². The number of guanidine groups is 1. The highest BCUT2D eigenvalue weighted by Gasteiger charge is 2.20. The number of unbranched alkanes of at least 4 members (excludes halogenated alkanes) is 2. The topological polar surface area (TPSA) is 100 Å². The number of aliphatic imine (C=N–C) groups is 1. The number of rotatable bonds is 14. The Kier molecular flexibility index (Phi) is 11.0. The van der Waals surface area contributed by atoms with Crippen molar-refractivity contribution in [2.24, 2.45) is 16.6 Å². The third kappa shape index (κ3) is 9.32. The summed E-state index contributed by atoms with van der Waals surface area (Å²) in [5.74, 6) is 1.72. The number of nitrogens with zero attached hydrogens (tertiary/aromatic N) is 3. The van der Waals surface area contributed by atoms with E-state index in [9.17, 15) is 9.59 Å². The first kappa shape index (κ1) is 26.5. The molecule has 0 bridgehead atoms. The molecule has 0 atom stereocenters. The molecule has 1 heterocycles. The number of carbonyl (C=O) groups is 2. The number of amides is 2. The van der Waals surface area contributed by atoms with Crippen molar-refractivity contribution in [3.63, 3.8) is 0 Å². The number of nitrogens with one attached hydrogen (secondary N) is 1. The molecule has 1 aliphatic rings. The fraction of sp³-hybridized carbons (Fsp3) is 0.640. The summed E-state index contributed by atoms with van der Waals surface area (Å²) < 4.78 is 5.87. The van der Waals surface area contributed by atoms with Gasteiger partial charge in [-0.25, -0.2) is 4.99 Å². The number of carbonyl (C=O) groups excluding carboxylic acids is 2. The fourth-order valence-electron chi connectivity index (χ4n) is 3.56. The summed E-state index contributed by atoms with van der Waals surface area (Å²) >= 11 is 0. The van der Waals surface area contributed by atoms with E-state index in [0.717, 1.165) is 49.2 Å². The van der Waals surface area contributed by atoms with E-state index in [0.29, 0.717) is 44.4 Å². The van der Waals surface area contributed by atoms with Crippen molar-refractivity contribution < 1.29 is 14.3 Å². The van der Waals surface area contributed by atoms with Crippen LogP contribution in [0.25, 0.3) is 0 Å². The maximum Gasteiger partial charge on any atom is 0.239 e. The lowest BCUT2D eigenvalue weighted by molar-refractivity contribution is -0.130. The lowest BCUT2D eigenvalue weighted by atomic mass is 10.1. The Labute approximate surface area is 198 Å². The van der Waals surface area contributed by atoms with E-state index in [1.165, 1.54) is 0 Å². The van der Waals surface area contributed by atoms with Gasteiger partial charge in [0.15, 0.2) is 5.96 Å². The average Bonchev–Trinajstić information content (AvgIpc) is 2.77. The molecule has 8 heteroatoms. The molecule has 0 fully saturated rings.